The van der Waals surface area contributed by atoms with Crippen LogP contribution in [0, 0.1) is 5.82 Å². The lowest BCUT2D eigenvalue weighted by molar-refractivity contribution is -0.118. The smallest absolute Gasteiger partial charge is 0.262 e. The first-order valence-electron chi connectivity index (χ1n) is 10.2. The lowest BCUT2D eigenvalue weighted by atomic mass is 10.1. The van der Waals surface area contributed by atoms with Crippen LogP contribution < -0.4 is 10.1 Å². The molecule has 1 amide bonds. The maximum atomic E-state index is 13.4. The van der Waals surface area contributed by atoms with Crippen LogP contribution in [0.4, 0.5) is 10.1 Å². The Labute approximate surface area is 184 Å². The zero-order valence-electron chi connectivity index (χ0n) is 17.5. The van der Waals surface area contributed by atoms with Crippen LogP contribution in [0.1, 0.15) is 18.9 Å². The highest BCUT2D eigenvalue weighted by atomic mass is 19.1. The molecule has 6 nitrogen and oxygen atoms in total. The molecule has 0 saturated heterocycles. The summed E-state index contributed by atoms with van der Waals surface area (Å²) in [6.45, 7) is 1.45. The third-order valence-corrected chi connectivity index (χ3v) is 4.95. The number of nitrogens with zero attached hydrogens (tertiary/aromatic N) is 1. The van der Waals surface area contributed by atoms with E-state index < -0.39 is 0 Å². The minimum Gasteiger partial charge on any atom is -0.484 e. The molecule has 0 bridgehead atoms. The summed E-state index contributed by atoms with van der Waals surface area (Å²) in [5.41, 5.74) is 3.81. The van der Waals surface area contributed by atoms with E-state index in [9.17, 15) is 14.0 Å². The van der Waals surface area contributed by atoms with Crippen LogP contribution in [-0.2, 0) is 16.0 Å². The Morgan fingerprint density at radius 2 is 1.78 bits per heavy atom. The minimum absolute atomic E-state index is 0.121. The van der Waals surface area contributed by atoms with Crippen molar-refractivity contribution < 1.29 is 18.7 Å². The number of benzene rings is 3. The van der Waals surface area contributed by atoms with Crippen molar-refractivity contribution in [2.75, 3.05) is 11.9 Å². The van der Waals surface area contributed by atoms with Gasteiger partial charge in [0.15, 0.2) is 6.61 Å². The molecule has 1 aromatic heterocycles. The number of hydrogen-bond acceptors (Lipinski definition) is 4. The monoisotopic (exact) mass is 431 g/mol. The third kappa shape index (κ3) is 5.37. The van der Waals surface area contributed by atoms with E-state index >= 15 is 0 Å². The number of ether oxygens (including phenoxy) is 1. The zero-order valence-corrected chi connectivity index (χ0v) is 17.5. The average Bonchev–Trinajstić information content (AvgIpc) is 3.20. The highest BCUT2D eigenvalue weighted by molar-refractivity contribution is 5.92. The first-order valence-corrected chi connectivity index (χ1v) is 10.2. The highest BCUT2D eigenvalue weighted by Crippen LogP contribution is 2.22. The van der Waals surface area contributed by atoms with E-state index in [1.165, 1.54) is 12.1 Å². The predicted molar refractivity (Wildman–Crippen MR) is 121 cm³/mol. The van der Waals surface area contributed by atoms with Crippen LogP contribution >= 0.6 is 0 Å². The summed E-state index contributed by atoms with van der Waals surface area (Å²) in [5, 5.41) is 2.79. The lowest BCUT2D eigenvalue weighted by Crippen LogP contribution is -2.20. The quantitative estimate of drug-likeness (QED) is 0.415. The Hall–Kier alpha value is -4.00. The molecule has 4 rings (SSSR count). The number of aryl methyl sites for hydroxylation is 1. The topological polar surface area (TPSA) is 84.1 Å². The van der Waals surface area contributed by atoms with Gasteiger partial charge in [-0.2, -0.15) is 0 Å². The van der Waals surface area contributed by atoms with Gasteiger partial charge < -0.3 is 19.8 Å². The molecule has 0 atom stereocenters. The largest absolute Gasteiger partial charge is 0.484 e. The summed E-state index contributed by atoms with van der Waals surface area (Å²) in [7, 11) is 0. The molecule has 2 N–H and O–H groups in total. The van der Waals surface area contributed by atoms with Gasteiger partial charge in [-0.25, -0.2) is 9.37 Å². The molecular formula is C25H22FN3O3. The number of aromatic nitrogens is 2. The molecule has 0 aliphatic rings. The van der Waals surface area contributed by atoms with Crippen molar-refractivity contribution in [3.8, 4) is 17.1 Å². The molecule has 32 heavy (non-hydrogen) atoms. The van der Waals surface area contributed by atoms with Gasteiger partial charge in [-0.05, 0) is 73.5 Å². The number of imidazole rings is 1. The van der Waals surface area contributed by atoms with Crippen molar-refractivity contribution in [3.63, 3.8) is 0 Å². The number of carbonyl (C=O) groups is 2. The highest BCUT2D eigenvalue weighted by Gasteiger charge is 2.08. The number of amides is 1. The van der Waals surface area contributed by atoms with Gasteiger partial charge in [0.2, 0.25) is 0 Å². The van der Waals surface area contributed by atoms with Gasteiger partial charge in [0, 0.05) is 17.7 Å². The first kappa shape index (κ1) is 21.2. The van der Waals surface area contributed by atoms with Crippen LogP contribution in [0.2, 0.25) is 0 Å². The second-order valence-corrected chi connectivity index (χ2v) is 7.51. The van der Waals surface area contributed by atoms with Crippen LogP contribution in [-0.4, -0.2) is 28.3 Å². The van der Waals surface area contributed by atoms with Gasteiger partial charge in [0.25, 0.3) is 5.91 Å². The van der Waals surface area contributed by atoms with Crippen LogP contribution in [0.5, 0.6) is 5.75 Å². The molecule has 0 radical (unpaired) electrons. The van der Waals surface area contributed by atoms with Crippen molar-refractivity contribution in [1.82, 2.24) is 9.97 Å². The fourth-order valence-electron chi connectivity index (χ4n) is 3.25. The number of aromatic amines is 1. The van der Waals surface area contributed by atoms with E-state index in [-0.39, 0.29) is 24.1 Å². The summed E-state index contributed by atoms with van der Waals surface area (Å²) < 4.78 is 18.9. The van der Waals surface area contributed by atoms with E-state index in [2.05, 4.69) is 15.3 Å². The first-order chi connectivity index (χ1) is 15.5. The molecular weight excluding hydrogens is 409 g/mol. The van der Waals surface area contributed by atoms with Gasteiger partial charge in [0.05, 0.1) is 11.0 Å². The number of H-pyrrole nitrogens is 1. The van der Waals surface area contributed by atoms with Crippen molar-refractivity contribution in [2.24, 2.45) is 0 Å². The number of Topliss-reactive ketones (excluding diaryl/α,β-unsaturated/α-hetero) is 1. The van der Waals surface area contributed by atoms with Crippen molar-refractivity contribution in [3.05, 3.63) is 78.1 Å². The molecule has 0 saturated carbocycles. The van der Waals surface area contributed by atoms with Gasteiger partial charge in [-0.15, -0.1) is 0 Å². The van der Waals surface area contributed by atoms with E-state index in [1.54, 1.807) is 37.3 Å². The van der Waals surface area contributed by atoms with Gasteiger partial charge in [0.1, 0.15) is 23.2 Å². The number of anilines is 1. The molecule has 0 unspecified atom stereocenters. The standard InChI is InChI=1S/C25H22FN3O3/c1-16(30)2-3-17-4-11-21(12-5-17)32-15-24(31)27-20-9-6-18(7-10-20)25-28-22-13-8-19(26)14-23(22)29-25/h4-14H,2-3,15H2,1H3,(H,27,31)(H,28,29). The lowest BCUT2D eigenvalue weighted by Gasteiger charge is -2.08. The average molecular weight is 431 g/mol. The summed E-state index contributed by atoms with van der Waals surface area (Å²) in [5.74, 6) is 0.763. The molecule has 3 aromatic carbocycles. The van der Waals surface area contributed by atoms with Gasteiger partial charge >= 0.3 is 0 Å². The van der Waals surface area contributed by atoms with Crippen LogP contribution in [0.3, 0.4) is 0 Å². The Morgan fingerprint density at radius 1 is 1.03 bits per heavy atom. The maximum Gasteiger partial charge on any atom is 0.262 e. The molecule has 0 spiro atoms. The fourth-order valence-corrected chi connectivity index (χ4v) is 3.25. The van der Waals surface area contributed by atoms with Gasteiger partial charge in [-0.3, -0.25) is 4.79 Å². The number of halogens is 1. The molecule has 7 heteroatoms. The summed E-state index contributed by atoms with van der Waals surface area (Å²) in [6.07, 6.45) is 1.20. The third-order valence-electron chi connectivity index (χ3n) is 4.95. The van der Waals surface area contributed by atoms with Crippen molar-refractivity contribution in [2.45, 2.75) is 19.8 Å². The number of hydrogen-bond donors (Lipinski definition) is 2. The Balaban J connectivity index is 1.31. The van der Waals surface area contributed by atoms with Crippen LogP contribution in [0.15, 0.2) is 66.7 Å². The number of nitrogens with one attached hydrogen (secondary N) is 2. The summed E-state index contributed by atoms with van der Waals surface area (Å²) in [4.78, 5) is 30.8. The predicted octanol–water partition coefficient (Wildman–Crippen LogP) is 4.91. The molecule has 0 fully saturated rings. The molecule has 1 heterocycles. The van der Waals surface area contributed by atoms with E-state index in [0.717, 1.165) is 11.1 Å². The van der Waals surface area contributed by atoms with Gasteiger partial charge in [-0.1, -0.05) is 12.1 Å². The van der Waals surface area contributed by atoms with E-state index in [0.29, 0.717) is 41.1 Å². The Bertz CT molecular complexity index is 1250. The zero-order chi connectivity index (χ0) is 22.5. The number of ketones is 1. The van der Waals surface area contributed by atoms with Crippen molar-refractivity contribution in [1.29, 1.82) is 0 Å². The normalized spacial score (nSPS) is 10.8. The molecule has 0 aliphatic carbocycles. The number of carbonyl (C=O) groups excluding carboxylic acids is 2. The van der Waals surface area contributed by atoms with E-state index in [4.69, 9.17) is 4.74 Å². The van der Waals surface area contributed by atoms with Crippen LogP contribution in [0.25, 0.3) is 22.4 Å². The molecule has 0 aliphatic heterocycles. The maximum absolute atomic E-state index is 13.4. The summed E-state index contributed by atoms with van der Waals surface area (Å²) >= 11 is 0. The fraction of sp³-hybridized carbons (Fsp3) is 0.160. The molecule has 162 valence electrons. The second-order valence-electron chi connectivity index (χ2n) is 7.51. The molecule has 4 aromatic rings. The summed E-state index contributed by atoms with van der Waals surface area (Å²) in [6, 6.07) is 18.9. The number of fused-ring (bicyclic) bond motifs is 1. The van der Waals surface area contributed by atoms with E-state index in [1.807, 2.05) is 24.3 Å². The minimum atomic E-state index is -0.322. The van der Waals surface area contributed by atoms with Crippen molar-refractivity contribution >= 4 is 28.4 Å². The Kier molecular flexibility index (Phi) is 6.26. The Morgan fingerprint density at radius 3 is 2.50 bits per heavy atom. The second kappa shape index (κ2) is 9.43. The SMILES string of the molecule is CC(=O)CCc1ccc(OCC(=O)Nc2ccc(-c3nc4ccc(F)cc4[nH]3)cc2)cc1. The number of rotatable bonds is 8.